The summed E-state index contributed by atoms with van der Waals surface area (Å²) in [6, 6.07) is 6.54. The topological polar surface area (TPSA) is 108 Å². The Balaban J connectivity index is 0.955. The van der Waals surface area contributed by atoms with Crippen LogP contribution >= 0.6 is 0 Å². The fourth-order valence-electron chi connectivity index (χ4n) is 6.88. The third kappa shape index (κ3) is 6.63. The van der Waals surface area contributed by atoms with Crippen LogP contribution in [0.25, 0.3) is 11.4 Å². The van der Waals surface area contributed by atoms with E-state index >= 15 is 0 Å². The fourth-order valence-corrected chi connectivity index (χ4v) is 6.88. The first-order chi connectivity index (χ1) is 20.7. The summed E-state index contributed by atoms with van der Waals surface area (Å²) in [4.78, 5) is 37.5. The van der Waals surface area contributed by atoms with Gasteiger partial charge in [0.15, 0.2) is 5.82 Å². The molecule has 3 fully saturated rings. The number of aromatic nitrogens is 5. The Morgan fingerprint density at radius 3 is 2.35 bits per heavy atom. The van der Waals surface area contributed by atoms with Crippen LogP contribution in [-0.4, -0.2) is 67.0 Å². The number of likely N-dealkylation sites (tertiary alicyclic amines) is 1. The van der Waals surface area contributed by atoms with E-state index < -0.39 is 17.5 Å². The molecule has 3 aliphatic rings. The van der Waals surface area contributed by atoms with Crippen molar-refractivity contribution in [2.45, 2.75) is 63.1 Å². The Morgan fingerprint density at radius 2 is 1.67 bits per heavy atom. The molecule has 0 spiro atoms. The largest absolute Gasteiger partial charge is 0.433 e. The summed E-state index contributed by atoms with van der Waals surface area (Å²) in [5.41, 5.74) is -0.377. The molecule has 2 saturated heterocycles. The molecule has 43 heavy (non-hydrogen) atoms. The van der Waals surface area contributed by atoms with E-state index in [0.717, 1.165) is 56.7 Å². The van der Waals surface area contributed by atoms with E-state index in [0.29, 0.717) is 62.1 Å². The smallest absolute Gasteiger partial charge is 0.384 e. The van der Waals surface area contributed by atoms with Crippen LogP contribution in [0.2, 0.25) is 0 Å². The summed E-state index contributed by atoms with van der Waals surface area (Å²) in [5.74, 6) is 1.87. The molecule has 228 valence electrons. The molecule has 0 bridgehead atoms. The van der Waals surface area contributed by atoms with E-state index in [-0.39, 0.29) is 17.6 Å². The number of aliphatic hydroxyl groups is 1. The van der Waals surface area contributed by atoms with Crippen LogP contribution in [-0.2, 0) is 16.6 Å². The number of amides is 1. The van der Waals surface area contributed by atoms with Gasteiger partial charge in [-0.3, -0.25) is 9.78 Å². The molecule has 1 saturated carbocycles. The highest BCUT2D eigenvalue weighted by Gasteiger charge is 2.39. The number of carbonyl (C=O) groups excluding carboxylic acids is 1. The van der Waals surface area contributed by atoms with Gasteiger partial charge in [-0.2, -0.15) is 13.2 Å². The number of alkyl halides is 3. The van der Waals surface area contributed by atoms with Crippen LogP contribution in [0.3, 0.4) is 0 Å². The lowest BCUT2D eigenvalue weighted by atomic mass is 9.74. The van der Waals surface area contributed by atoms with Crippen LogP contribution in [0.4, 0.5) is 19.0 Å². The van der Waals surface area contributed by atoms with Gasteiger partial charge in [-0.15, -0.1) is 0 Å². The van der Waals surface area contributed by atoms with Crippen LogP contribution in [0.5, 0.6) is 0 Å². The number of rotatable bonds is 6. The number of piperidine rings is 1. The SMILES string of the molecule is O=C(C1CCN(c2cc(C(F)(F)F)ncn2)CC1)N1CCC(CC2CCC(O)(c3ccc(-c4ncccn4)cn3)CC2)C1. The Labute approximate surface area is 248 Å². The standard InChI is InChI=1S/C31H36F3N7O2/c32-31(33,34)26-17-27(39-20-38-26)40-14-7-23(8-15-40)29(42)41-13-6-22(19-41)16-21-4-9-30(43,10-5-21)25-3-2-24(18-37-25)28-35-11-1-12-36-28/h1-3,11-12,17-18,20-23,43H,4-10,13-16,19H2. The van der Waals surface area contributed by atoms with Gasteiger partial charge in [0.05, 0.1) is 5.69 Å². The van der Waals surface area contributed by atoms with E-state index in [4.69, 9.17) is 0 Å². The third-order valence-electron chi connectivity index (χ3n) is 9.37. The molecule has 1 unspecified atom stereocenters. The second kappa shape index (κ2) is 12.1. The minimum atomic E-state index is -4.51. The summed E-state index contributed by atoms with van der Waals surface area (Å²) in [5, 5.41) is 11.4. The van der Waals surface area contributed by atoms with E-state index in [1.165, 1.54) is 0 Å². The molecule has 1 atom stereocenters. The number of anilines is 1. The molecule has 12 heteroatoms. The van der Waals surface area contributed by atoms with Crippen molar-refractivity contribution in [2.24, 2.45) is 17.8 Å². The summed E-state index contributed by atoms with van der Waals surface area (Å²) < 4.78 is 39.1. The van der Waals surface area contributed by atoms with Crippen LogP contribution in [0.15, 0.2) is 49.2 Å². The number of halogens is 3. The third-order valence-corrected chi connectivity index (χ3v) is 9.37. The lowest BCUT2D eigenvalue weighted by Crippen LogP contribution is -2.42. The average Bonchev–Trinajstić information content (AvgIpc) is 3.51. The summed E-state index contributed by atoms with van der Waals surface area (Å²) in [6.45, 7) is 2.49. The van der Waals surface area contributed by atoms with Crippen molar-refractivity contribution in [1.82, 2.24) is 29.8 Å². The number of nitrogens with zero attached hydrogens (tertiary/aromatic N) is 7. The van der Waals surface area contributed by atoms with Crippen molar-refractivity contribution in [3.8, 4) is 11.4 Å². The maximum atomic E-state index is 13.3. The van der Waals surface area contributed by atoms with Crippen molar-refractivity contribution in [3.63, 3.8) is 0 Å². The molecule has 0 aromatic carbocycles. The van der Waals surface area contributed by atoms with Gasteiger partial charge >= 0.3 is 6.18 Å². The van der Waals surface area contributed by atoms with Gasteiger partial charge in [0, 0.05) is 62.3 Å². The number of pyridine rings is 1. The van der Waals surface area contributed by atoms with Gasteiger partial charge in [0.1, 0.15) is 23.4 Å². The minimum Gasteiger partial charge on any atom is -0.384 e. The Morgan fingerprint density at radius 1 is 0.930 bits per heavy atom. The second-order valence-electron chi connectivity index (χ2n) is 12.2. The summed E-state index contributed by atoms with van der Waals surface area (Å²) in [7, 11) is 0. The Bertz CT molecular complexity index is 1390. The average molecular weight is 596 g/mol. The van der Waals surface area contributed by atoms with Gasteiger partial charge in [-0.25, -0.2) is 19.9 Å². The maximum absolute atomic E-state index is 13.3. The lowest BCUT2D eigenvalue weighted by Gasteiger charge is -2.36. The normalized spacial score (nSPS) is 25.2. The predicted octanol–water partition coefficient (Wildman–Crippen LogP) is 4.88. The summed E-state index contributed by atoms with van der Waals surface area (Å²) in [6.07, 6.45) is 7.93. The zero-order chi connectivity index (χ0) is 30.0. The second-order valence-corrected chi connectivity index (χ2v) is 12.2. The predicted molar refractivity (Wildman–Crippen MR) is 152 cm³/mol. The Kier molecular flexibility index (Phi) is 8.30. The van der Waals surface area contributed by atoms with Gasteiger partial charge in [-0.1, -0.05) is 0 Å². The molecule has 1 aliphatic carbocycles. The van der Waals surface area contributed by atoms with Crippen molar-refractivity contribution in [3.05, 3.63) is 60.6 Å². The van der Waals surface area contributed by atoms with Gasteiger partial charge in [0.2, 0.25) is 5.91 Å². The Hall–Kier alpha value is -3.67. The molecular weight excluding hydrogens is 559 g/mol. The quantitative estimate of drug-likeness (QED) is 0.430. The molecular formula is C31H36F3N7O2. The van der Waals surface area contributed by atoms with Crippen LogP contribution < -0.4 is 4.90 Å². The van der Waals surface area contributed by atoms with Crippen molar-refractivity contribution in [2.75, 3.05) is 31.1 Å². The highest BCUT2D eigenvalue weighted by Crippen LogP contribution is 2.42. The van der Waals surface area contributed by atoms with Crippen LogP contribution in [0.1, 0.15) is 62.8 Å². The fraction of sp³-hybridized carbons (Fsp3) is 0.548. The van der Waals surface area contributed by atoms with E-state index in [1.807, 2.05) is 17.0 Å². The van der Waals surface area contributed by atoms with E-state index in [2.05, 4.69) is 24.9 Å². The monoisotopic (exact) mass is 595 g/mol. The molecule has 1 N–H and O–H groups in total. The van der Waals surface area contributed by atoms with Crippen LogP contribution in [0, 0.1) is 17.8 Å². The first-order valence-corrected chi connectivity index (χ1v) is 15.1. The number of carbonyl (C=O) groups is 1. The molecule has 2 aliphatic heterocycles. The highest BCUT2D eigenvalue weighted by molar-refractivity contribution is 5.79. The molecule has 1 amide bonds. The lowest BCUT2D eigenvalue weighted by molar-refractivity contribution is -0.141. The molecule has 6 rings (SSSR count). The summed E-state index contributed by atoms with van der Waals surface area (Å²) >= 11 is 0. The van der Waals surface area contributed by atoms with Gasteiger partial charge < -0.3 is 14.9 Å². The van der Waals surface area contributed by atoms with Gasteiger partial charge in [0.25, 0.3) is 0 Å². The molecule has 5 heterocycles. The molecule has 0 radical (unpaired) electrons. The number of hydrogen-bond donors (Lipinski definition) is 1. The van der Waals surface area contributed by atoms with Crippen molar-refractivity contribution < 1.29 is 23.1 Å². The first-order valence-electron chi connectivity index (χ1n) is 15.1. The maximum Gasteiger partial charge on any atom is 0.433 e. The zero-order valence-corrected chi connectivity index (χ0v) is 24.0. The molecule has 9 nitrogen and oxygen atoms in total. The van der Waals surface area contributed by atoms with Gasteiger partial charge in [-0.05, 0) is 81.4 Å². The highest BCUT2D eigenvalue weighted by atomic mass is 19.4. The van der Waals surface area contributed by atoms with Crippen molar-refractivity contribution in [1.29, 1.82) is 0 Å². The van der Waals surface area contributed by atoms with E-state index in [9.17, 15) is 23.1 Å². The minimum absolute atomic E-state index is 0.115. The zero-order valence-electron chi connectivity index (χ0n) is 24.0. The van der Waals surface area contributed by atoms with E-state index in [1.54, 1.807) is 29.6 Å². The van der Waals surface area contributed by atoms with Crippen molar-refractivity contribution >= 4 is 11.7 Å². The molecule has 3 aromatic rings. The molecule has 3 aromatic heterocycles. The first kappa shape index (κ1) is 29.4. The number of hydrogen-bond acceptors (Lipinski definition) is 8.